The van der Waals surface area contributed by atoms with Gasteiger partial charge in [-0.15, -0.1) is 0 Å². The van der Waals surface area contributed by atoms with Crippen LogP contribution in [0.3, 0.4) is 0 Å². The van der Waals surface area contributed by atoms with E-state index in [0.717, 1.165) is 93.2 Å². The number of benzene rings is 6. The molecule has 0 saturated carbocycles. The fourth-order valence-electron chi connectivity index (χ4n) is 15.7. The predicted molar refractivity (Wildman–Crippen MR) is 443 cm³/mol. The molecule has 0 aromatic heterocycles. The van der Waals surface area contributed by atoms with Crippen molar-refractivity contribution in [2.24, 2.45) is 0 Å². The summed E-state index contributed by atoms with van der Waals surface area (Å²) in [6.45, 7) is 41.3. The van der Waals surface area contributed by atoms with E-state index in [0.29, 0.717) is 0 Å². The monoisotopic (exact) mass is 1490 g/mol. The van der Waals surface area contributed by atoms with Gasteiger partial charge in [0.2, 0.25) is 0 Å². The summed E-state index contributed by atoms with van der Waals surface area (Å²) in [5.74, 6) is 0. The first kappa shape index (κ1) is 78.8. The maximum absolute atomic E-state index is 7.55. The lowest BCUT2D eigenvalue weighted by molar-refractivity contribution is 0.121. The van der Waals surface area contributed by atoms with Crippen LogP contribution in [0.15, 0.2) is 247 Å². The second-order valence-corrected chi connectivity index (χ2v) is 50.4. The van der Waals surface area contributed by atoms with E-state index in [1.165, 1.54) is 44.5 Å². The molecular formula is C90H118BrClO4Si4. The van der Waals surface area contributed by atoms with Crippen LogP contribution in [0.5, 0.6) is 0 Å². The molecule has 0 radical (unpaired) electrons. The Morgan fingerprint density at radius 1 is 0.270 bits per heavy atom. The molecule has 0 amide bonds. The molecule has 0 N–H and O–H groups in total. The van der Waals surface area contributed by atoms with Crippen molar-refractivity contribution in [3.63, 3.8) is 0 Å². The topological polar surface area (TPSA) is 36.9 Å². The molecule has 4 aliphatic rings. The fraction of sp³-hybridized carbons (Fsp3) is 0.422. The smallest absolute Gasteiger partial charge is 0.194 e. The van der Waals surface area contributed by atoms with Crippen molar-refractivity contribution < 1.29 is 17.7 Å². The summed E-state index contributed by atoms with van der Waals surface area (Å²) >= 11 is 9.94. The maximum atomic E-state index is 7.55. The Morgan fingerprint density at radius 3 is 0.760 bits per heavy atom. The molecule has 10 heteroatoms. The number of hydrogen-bond donors (Lipinski definition) is 0. The molecule has 0 spiro atoms. The fourth-order valence-corrected chi connectivity index (χ4v) is 27.8. The summed E-state index contributed by atoms with van der Waals surface area (Å²) in [5, 5.41) is 0.761. The standard InChI is InChI=1S/C46H62O2Si2.C44H56BrClO2Si2/c1-11-49(12-2,13-3)47-45(32-34-46(35-33-45,42-19-17-18-38(8)36-42)48-50(14-4,15-5)16-6)41-26-24-40(25-27-41)44(10)30-28-43(9,29-31-44)39-22-20-37(7)21-23-39;1-9-49(10-2,11-3)47-43(30-32-44(33-31-43,38-16-15-17-39(45)34-38)48-50(12-4,13-5)14-6)37-20-18-35(19-21-37)41(7)26-28-42(8,29-27-41)36-22-24-40(46)25-23-36/h17-36H,11-16H2,1-10H3;15-34H,9-14H2,1-8H3. The van der Waals surface area contributed by atoms with Crippen molar-refractivity contribution in [3.8, 4) is 0 Å². The Balaban J connectivity index is 0.000000233. The molecule has 4 nitrogen and oxygen atoms in total. The molecular weight excluding hydrogens is 1370 g/mol. The summed E-state index contributed by atoms with van der Waals surface area (Å²) in [7, 11) is -8.08. The third kappa shape index (κ3) is 16.3. The Hall–Kier alpha value is -5.28. The Kier molecular flexibility index (Phi) is 25.2. The van der Waals surface area contributed by atoms with Gasteiger partial charge in [-0.1, -0.05) is 292 Å². The SMILES string of the molecule is CC[Si](CC)(CC)OC1(c2ccc(C3(C)C=CC(C)(c4ccc(C)cc4)C=C3)cc2)C=CC(O[Si](CC)(CC)CC)(c2cccc(C)c2)C=C1.CC[Si](CC)(CC)OC1(c2ccc(C3(C)C=CC(C)(c4ccc(Cl)cc4)C=C3)cc2)C=CC(O[Si](CC)(CC)CC)(c2cccc(Br)c2)C=C1. The van der Waals surface area contributed by atoms with Crippen LogP contribution < -0.4 is 0 Å². The largest absolute Gasteiger partial charge is 0.401 e. The highest BCUT2D eigenvalue weighted by atomic mass is 79.9. The zero-order valence-corrected chi connectivity index (χ0v) is 70.3. The molecule has 0 aliphatic heterocycles. The Labute approximate surface area is 623 Å². The second-order valence-electron chi connectivity index (χ2n) is 30.3. The minimum atomic E-state index is -2.05. The zero-order valence-electron chi connectivity index (χ0n) is 64.0. The highest BCUT2D eigenvalue weighted by Crippen LogP contribution is 2.50. The number of halogens is 2. The van der Waals surface area contributed by atoms with Gasteiger partial charge in [-0.3, -0.25) is 0 Å². The van der Waals surface area contributed by atoms with Gasteiger partial charge in [0.1, 0.15) is 22.4 Å². The lowest BCUT2D eigenvalue weighted by Gasteiger charge is -2.46. The Morgan fingerprint density at radius 2 is 0.500 bits per heavy atom. The van der Waals surface area contributed by atoms with E-state index < -0.39 is 55.7 Å². The van der Waals surface area contributed by atoms with Crippen LogP contribution in [0.1, 0.15) is 166 Å². The van der Waals surface area contributed by atoms with E-state index >= 15 is 0 Å². The highest BCUT2D eigenvalue weighted by Gasteiger charge is 2.49. The molecule has 0 fully saturated rings. The van der Waals surface area contributed by atoms with Gasteiger partial charge >= 0.3 is 0 Å². The van der Waals surface area contributed by atoms with E-state index in [9.17, 15) is 0 Å². The number of allylic oxidation sites excluding steroid dienone is 8. The predicted octanol–water partition coefficient (Wildman–Crippen LogP) is 26.6. The lowest BCUT2D eigenvalue weighted by atomic mass is 9.70. The summed E-state index contributed by atoms with van der Waals surface area (Å²) in [5.41, 5.74) is 9.04. The molecule has 0 bridgehead atoms. The van der Waals surface area contributed by atoms with E-state index in [1.807, 2.05) is 12.1 Å². The van der Waals surface area contributed by atoms with Crippen LogP contribution in [0.4, 0.5) is 0 Å². The minimum Gasteiger partial charge on any atom is -0.401 e. The van der Waals surface area contributed by atoms with Crippen LogP contribution in [0.25, 0.3) is 0 Å². The number of aryl methyl sites for hydroxylation is 2. The first-order valence-electron chi connectivity index (χ1n) is 38.0. The van der Waals surface area contributed by atoms with Crippen LogP contribution in [0, 0.1) is 13.8 Å². The molecule has 100 heavy (non-hydrogen) atoms. The summed E-state index contributed by atoms with van der Waals surface area (Å²) in [6, 6.07) is 66.1. The van der Waals surface area contributed by atoms with Crippen molar-refractivity contribution in [1.29, 1.82) is 0 Å². The second kappa shape index (κ2) is 32.0. The van der Waals surface area contributed by atoms with Gasteiger partial charge in [-0.05, 0) is 231 Å². The van der Waals surface area contributed by atoms with Gasteiger partial charge in [0.25, 0.3) is 0 Å². The van der Waals surface area contributed by atoms with Crippen molar-refractivity contribution >= 4 is 60.8 Å². The first-order valence-corrected chi connectivity index (χ1v) is 49.2. The van der Waals surface area contributed by atoms with E-state index in [1.54, 1.807) is 0 Å². The summed E-state index contributed by atoms with van der Waals surface area (Å²) in [6.07, 6.45) is 37.6. The zero-order chi connectivity index (χ0) is 72.5. The number of rotatable bonds is 28. The van der Waals surface area contributed by atoms with Crippen LogP contribution in [0.2, 0.25) is 77.6 Å². The molecule has 6 aromatic rings. The van der Waals surface area contributed by atoms with Gasteiger partial charge in [-0.25, -0.2) is 0 Å². The van der Waals surface area contributed by atoms with E-state index in [-0.39, 0.29) is 21.7 Å². The average molecular weight is 1490 g/mol. The normalized spacial score (nSPS) is 26.4. The quantitative estimate of drug-likeness (QED) is 0.0362. The third-order valence-corrected chi connectivity index (χ3v) is 43.8. The lowest BCUT2D eigenvalue weighted by Crippen LogP contribution is -2.48. The average Bonchev–Trinajstić information content (AvgIpc) is 0.750. The van der Waals surface area contributed by atoms with Gasteiger partial charge in [0, 0.05) is 31.2 Å². The molecule has 6 aromatic carbocycles. The molecule has 0 atom stereocenters. The highest BCUT2D eigenvalue weighted by molar-refractivity contribution is 9.10. The molecule has 532 valence electrons. The molecule has 0 saturated heterocycles. The van der Waals surface area contributed by atoms with Gasteiger partial charge in [0.15, 0.2) is 33.3 Å². The van der Waals surface area contributed by atoms with Crippen molar-refractivity contribution in [3.05, 3.63) is 308 Å². The van der Waals surface area contributed by atoms with Crippen LogP contribution in [-0.4, -0.2) is 33.3 Å². The van der Waals surface area contributed by atoms with Gasteiger partial charge in [0.05, 0.1) is 0 Å². The first-order chi connectivity index (χ1) is 47.6. The molecule has 0 unspecified atom stereocenters. The minimum absolute atomic E-state index is 0.114. The molecule has 4 aliphatic carbocycles. The maximum Gasteiger partial charge on any atom is 0.194 e. The Bertz CT molecular complexity index is 3620. The molecule has 0 heterocycles. The van der Waals surface area contributed by atoms with Crippen molar-refractivity contribution in [1.82, 2.24) is 0 Å². The van der Waals surface area contributed by atoms with E-state index in [4.69, 9.17) is 29.3 Å². The summed E-state index contributed by atoms with van der Waals surface area (Å²) in [4.78, 5) is 0. The van der Waals surface area contributed by atoms with Crippen molar-refractivity contribution in [2.75, 3.05) is 0 Å². The molecule has 10 rings (SSSR count). The summed E-state index contributed by atoms with van der Waals surface area (Å²) < 4.78 is 31.0. The van der Waals surface area contributed by atoms with Crippen LogP contribution in [-0.2, 0) is 61.8 Å². The van der Waals surface area contributed by atoms with Gasteiger partial charge < -0.3 is 17.7 Å². The van der Waals surface area contributed by atoms with Crippen LogP contribution >= 0.6 is 27.5 Å². The number of hydrogen-bond acceptors (Lipinski definition) is 4. The third-order valence-electron chi connectivity index (χ3n) is 24.5. The van der Waals surface area contributed by atoms with Crippen molar-refractivity contribution in [2.45, 2.75) is 241 Å². The van der Waals surface area contributed by atoms with Gasteiger partial charge in [-0.2, -0.15) is 0 Å². The van der Waals surface area contributed by atoms with E-state index in [2.05, 4.69) is 371 Å².